The van der Waals surface area contributed by atoms with Gasteiger partial charge in [0.05, 0.1) is 19.3 Å². The van der Waals surface area contributed by atoms with Gasteiger partial charge in [0.25, 0.3) is 11.8 Å². The molecule has 13 heavy (non-hydrogen) atoms. The van der Waals surface area contributed by atoms with Crippen molar-refractivity contribution in [2.75, 3.05) is 13.2 Å². The second kappa shape index (κ2) is 2.67. The Labute approximate surface area is 76.2 Å². The maximum absolute atomic E-state index is 11.5. The van der Waals surface area contributed by atoms with Crippen molar-refractivity contribution < 1.29 is 14.3 Å². The normalized spacial score (nSPS) is 27.5. The van der Waals surface area contributed by atoms with Gasteiger partial charge in [0, 0.05) is 11.1 Å². The Morgan fingerprint density at radius 1 is 1.31 bits per heavy atom. The van der Waals surface area contributed by atoms with Gasteiger partial charge in [-0.1, -0.05) is 0 Å². The molecule has 0 spiro atoms. The van der Waals surface area contributed by atoms with Crippen molar-refractivity contribution >= 4 is 11.8 Å². The molecule has 0 aromatic rings. The van der Waals surface area contributed by atoms with Gasteiger partial charge >= 0.3 is 0 Å². The van der Waals surface area contributed by atoms with E-state index in [-0.39, 0.29) is 17.9 Å². The van der Waals surface area contributed by atoms with Crippen LogP contribution in [0.2, 0.25) is 0 Å². The van der Waals surface area contributed by atoms with Crippen LogP contribution in [0.15, 0.2) is 11.1 Å². The van der Waals surface area contributed by atoms with Crippen LogP contribution >= 0.6 is 0 Å². The van der Waals surface area contributed by atoms with E-state index in [1.807, 2.05) is 0 Å². The molecule has 0 saturated carbocycles. The third kappa shape index (κ3) is 1.27. The summed E-state index contributed by atoms with van der Waals surface area (Å²) in [6.45, 7) is 4.44. The summed E-state index contributed by atoms with van der Waals surface area (Å²) >= 11 is 0. The van der Waals surface area contributed by atoms with Crippen LogP contribution < -0.4 is 0 Å². The first-order valence-electron chi connectivity index (χ1n) is 4.26. The summed E-state index contributed by atoms with van der Waals surface area (Å²) in [7, 11) is 0. The van der Waals surface area contributed by atoms with Crippen molar-refractivity contribution in [2.45, 2.75) is 20.0 Å². The lowest BCUT2D eigenvalue weighted by molar-refractivity contribution is -0.137. The Hall–Kier alpha value is -1.16. The first kappa shape index (κ1) is 8.44. The zero-order valence-electron chi connectivity index (χ0n) is 7.66. The van der Waals surface area contributed by atoms with Gasteiger partial charge in [-0.3, -0.25) is 14.5 Å². The lowest BCUT2D eigenvalue weighted by Crippen LogP contribution is -2.34. The van der Waals surface area contributed by atoms with Gasteiger partial charge in [-0.15, -0.1) is 0 Å². The molecule has 0 N–H and O–H groups in total. The fourth-order valence-corrected chi connectivity index (χ4v) is 1.36. The smallest absolute Gasteiger partial charge is 0.256 e. The number of imide groups is 1. The van der Waals surface area contributed by atoms with E-state index in [1.54, 1.807) is 13.8 Å². The Morgan fingerprint density at radius 2 is 1.77 bits per heavy atom. The number of carbonyl (C=O) groups is 2. The van der Waals surface area contributed by atoms with E-state index in [0.717, 1.165) is 0 Å². The van der Waals surface area contributed by atoms with Crippen LogP contribution in [-0.4, -0.2) is 36.0 Å². The molecule has 2 heterocycles. The fraction of sp³-hybridized carbons (Fsp3) is 0.556. The summed E-state index contributed by atoms with van der Waals surface area (Å²) < 4.78 is 4.97. The first-order chi connectivity index (χ1) is 6.11. The molecule has 1 fully saturated rings. The van der Waals surface area contributed by atoms with E-state index < -0.39 is 0 Å². The number of ether oxygens (including phenoxy) is 1. The number of hydrogen-bond acceptors (Lipinski definition) is 3. The molecule has 0 aromatic heterocycles. The second-order valence-corrected chi connectivity index (χ2v) is 3.43. The standard InChI is InChI=1S/C9H11NO3/c1-5-6(2)9(12)10(8(5)11)3-7-4-13-7/h7H,3-4H2,1-2H3. The van der Waals surface area contributed by atoms with Crippen LogP contribution in [0.5, 0.6) is 0 Å². The van der Waals surface area contributed by atoms with Crippen molar-refractivity contribution in [3.63, 3.8) is 0 Å². The summed E-state index contributed by atoms with van der Waals surface area (Å²) in [5, 5.41) is 0. The van der Waals surface area contributed by atoms with Crippen LogP contribution in [0.3, 0.4) is 0 Å². The first-order valence-corrected chi connectivity index (χ1v) is 4.26. The fourth-order valence-electron chi connectivity index (χ4n) is 1.36. The number of carbonyl (C=O) groups excluding carboxylic acids is 2. The van der Waals surface area contributed by atoms with Crippen LogP contribution in [-0.2, 0) is 14.3 Å². The molecular formula is C9H11NO3. The number of epoxide rings is 1. The molecule has 1 unspecified atom stereocenters. The Balaban J connectivity index is 2.15. The second-order valence-electron chi connectivity index (χ2n) is 3.43. The third-order valence-electron chi connectivity index (χ3n) is 2.48. The Kier molecular flexibility index (Phi) is 1.73. The molecule has 0 bridgehead atoms. The molecule has 4 nitrogen and oxygen atoms in total. The van der Waals surface area contributed by atoms with Crippen LogP contribution in [0, 0.1) is 0 Å². The predicted molar refractivity (Wildman–Crippen MR) is 44.8 cm³/mol. The van der Waals surface area contributed by atoms with E-state index >= 15 is 0 Å². The quantitative estimate of drug-likeness (QED) is 0.448. The highest BCUT2D eigenvalue weighted by Crippen LogP contribution is 2.22. The summed E-state index contributed by atoms with van der Waals surface area (Å²) in [6.07, 6.45) is 0.0756. The lowest BCUT2D eigenvalue weighted by atomic mass is 10.2. The van der Waals surface area contributed by atoms with E-state index in [9.17, 15) is 9.59 Å². The SMILES string of the molecule is CC1=C(C)C(=O)N(CC2CO2)C1=O. The molecule has 4 heteroatoms. The number of hydrogen-bond donors (Lipinski definition) is 0. The summed E-state index contributed by atoms with van der Waals surface area (Å²) in [5.41, 5.74) is 1.12. The minimum atomic E-state index is -0.169. The molecule has 2 aliphatic rings. The average Bonchev–Trinajstić information content (AvgIpc) is 2.89. The van der Waals surface area contributed by atoms with Crippen molar-refractivity contribution in [3.05, 3.63) is 11.1 Å². The van der Waals surface area contributed by atoms with Gasteiger partial charge in [0.1, 0.15) is 0 Å². The number of nitrogens with zero attached hydrogens (tertiary/aromatic N) is 1. The van der Waals surface area contributed by atoms with Crippen molar-refractivity contribution in [1.82, 2.24) is 4.90 Å². The zero-order chi connectivity index (χ0) is 9.59. The van der Waals surface area contributed by atoms with Crippen LogP contribution in [0.25, 0.3) is 0 Å². The lowest BCUT2D eigenvalue weighted by Gasteiger charge is -2.12. The van der Waals surface area contributed by atoms with Crippen LogP contribution in [0.1, 0.15) is 13.8 Å². The minimum absolute atomic E-state index is 0.0756. The van der Waals surface area contributed by atoms with Crippen LogP contribution in [0.4, 0.5) is 0 Å². The number of amides is 2. The Bertz CT molecular complexity index is 291. The van der Waals surface area contributed by atoms with Crippen molar-refractivity contribution in [1.29, 1.82) is 0 Å². The van der Waals surface area contributed by atoms with Gasteiger partial charge in [-0.2, -0.15) is 0 Å². The largest absolute Gasteiger partial charge is 0.371 e. The van der Waals surface area contributed by atoms with E-state index in [4.69, 9.17) is 4.74 Å². The Morgan fingerprint density at radius 3 is 2.15 bits per heavy atom. The molecule has 0 aromatic carbocycles. The van der Waals surface area contributed by atoms with Crippen molar-refractivity contribution in [3.8, 4) is 0 Å². The molecular weight excluding hydrogens is 170 g/mol. The highest BCUT2D eigenvalue weighted by molar-refractivity contribution is 6.18. The maximum Gasteiger partial charge on any atom is 0.256 e. The van der Waals surface area contributed by atoms with Gasteiger partial charge in [0.15, 0.2) is 0 Å². The van der Waals surface area contributed by atoms with Gasteiger partial charge < -0.3 is 4.74 Å². The zero-order valence-corrected chi connectivity index (χ0v) is 7.66. The molecule has 2 aliphatic heterocycles. The third-order valence-corrected chi connectivity index (χ3v) is 2.48. The molecule has 1 atom stereocenters. The summed E-state index contributed by atoms with van der Waals surface area (Å²) in [5.74, 6) is -0.337. The minimum Gasteiger partial charge on any atom is -0.371 e. The maximum atomic E-state index is 11.5. The molecule has 0 radical (unpaired) electrons. The molecule has 2 rings (SSSR count). The number of rotatable bonds is 2. The molecule has 1 saturated heterocycles. The van der Waals surface area contributed by atoms with E-state index in [0.29, 0.717) is 24.3 Å². The van der Waals surface area contributed by atoms with E-state index in [2.05, 4.69) is 0 Å². The predicted octanol–water partition coefficient (Wildman–Crippen LogP) is 0.0904. The monoisotopic (exact) mass is 181 g/mol. The summed E-state index contributed by atoms with van der Waals surface area (Å²) in [6, 6.07) is 0. The highest BCUT2D eigenvalue weighted by atomic mass is 16.6. The highest BCUT2D eigenvalue weighted by Gasteiger charge is 2.37. The summed E-state index contributed by atoms with van der Waals surface area (Å²) in [4.78, 5) is 24.2. The van der Waals surface area contributed by atoms with Gasteiger partial charge in [0.2, 0.25) is 0 Å². The molecule has 2 amide bonds. The van der Waals surface area contributed by atoms with Gasteiger partial charge in [-0.25, -0.2) is 0 Å². The van der Waals surface area contributed by atoms with Crippen molar-refractivity contribution in [2.24, 2.45) is 0 Å². The molecule has 0 aliphatic carbocycles. The topological polar surface area (TPSA) is 49.9 Å². The average molecular weight is 181 g/mol. The molecule has 70 valence electrons. The van der Waals surface area contributed by atoms with Gasteiger partial charge in [-0.05, 0) is 13.8 Å². The van der Waals surface area contributed by atoms with E-state index in [1.165, 1.54) is 4.90 Å².